The molecule has 0 amide bonds. The molecule has 1 aromatic heterocycles. The molecular formula is C22H20FNO2. The highest BCUT2D eigenvalue weighted by Crippen LogP contribution is 2.21. The molecule has 3 nitrogen and oxygen atoms in total. The first-order valence-corrected chi connectivity index (χ1v) is 8.36. The molecule has 1 heterocycles. The lowest BCUT2D eigenvalue weighted by Gasteiger charge is -2.13. The molecule has 0 radical (unpaired) electrons. The minimum Gasteiger partial charge on any atom is -0.474 e. The van der Waals surface area contributed by atoms with Gasteiger partial charge < -0.3 is 9.72 Å². The lowest BCUT2D eigenvalue weighted by Crippen LogP contribution is -2.13. The molecule has 1 N–H and O–H groups in total. The predicted octanol–water partition coefficient (Wildman–Crippen LogP) is 4.72. The van der Waals surface area contributed by atoms with Crippen LogP contribution in [0, 0.1) is 5.82 Å². The van der Waals surface area contributed by atoms with Crippen molar-refractivity contribution in [2.75, 3.05) is 0 Å². The van der Waals surface area contributed by atoms with Gasteiger partial charge in [0.05, 0.1) is 5.56 Å². The van der Waals surface area contributed by atoms with Crippen molar-refractivity contribution in [3.8, 4) is 5.88 Å². The summed E-state index contributed by atoms with van der Waals surface area (Å²) in [4.78, 5) is 15.7. The minimum atomic E-state index is -0.285. The van der Waals surface area contributed by atoms with Gasteiger partial charge in [-0.15, -0.1) is 0 Å². The molecule has 3 rings (SSSR count). The SMILES string of the molecule is C=C(C)c1c(OCc2ccccc2)[nH]c(Cc2ccc(F)cc2)cc1=O. The number of H-pyrrole nitrogens is 1. The zero-order valence-electron chi connectivity index (χ0n) is 14.6. The van der Waals surface area contributed by atoms with Crippen LogP contribution >= 0.6 is 0 Å². The molecule has 132 valence electrons. The molecule has 0 atom stereocenters. The Morgan fingerprint density at radius 1 is 1.08 bits per heavy atom. The lowest BCUT2D eigenvalue weighted by atomic mass is 10.1. The molecule has 0 unspecified atom stereocenters. The van der Waals surface area contributed by atoms with Crippen LogP contribution in [-0.2, 0) is 13.0 Å². The molecule has 0 aliphatic carbocycles. The monoisotopic (exact) mass is 349 g/mol. The number of hydrogen-bond acceptors (Lipinski definition) is 2. The fourth-order valence-corrected chi connectivity index (χ4v) is 2.75. The average molecular weight is 349 g/mol. The number of hydrogen-bond donors (Lipinski definition) is 1. The maximum atomic E-state index is 13.1. The van der Waals surface area contributed by atoms with Gasteiger partial charge in [-0.05, 0) is 35.8 Å². The van der Waals surface area contributed by atoms with Crippen molar-refractivity contribution >= 4 is 5.57 Å². The topological polar surface area (TPSA) is 42.1 Å². The van der Waals surface area contributed by atoms with Gasteiger partial charge >= 0.3 is 0 Å². The number of allylic oxidation sites excluding steroid dienone is 1. The van der Waals surface area contributed by atoms with Crippen LogP contribution in [0.25, 0.3) is 5.57 Å². The summed E-state index contributed by atoms with van der Waals surface area (Å²) in [7, 11) is 0. The van der Waals surface area contributed by atoms with Crippen molar-refractivity contribution in [3.05, 3.63) is 106 Å². The smallest absolute Gasteiger partial charge is 0.203 e. The molecule has 2 aromatic carbocycles. The van der Waals surface area contributed by atoms with E-state index in [0.29, 0.717) is 35.7 Å². The second-order valence-corrected chi connectivity index (χ2v) is 6.22. The Bertz CT molecular complexity index is 960. The van der Waals surface area contributed by atoms with E-state index >= 15 is 0 Å². The fraction of sp³-hybridized carbons (Fsp3) is 0.136. The number of aromatic nitrogens is 1. The first-order chi connectivity index (χ1) is 12.5. The number of ether oxygens (including phenoxy) is 1. The molecule has 0 fully saturated rings. The van der Waals surface area contributed by atoms with E-state index in [1.54, 1.807) is 25.1 Å². The summed E-state index contributed by atoms with van der Waals surface area (Å²) in [6, 6.07) is 17.5. The quantitative estimate of drug-likeness (QED) is 0.700. The third-order valence-electron chi connectivity index (χ3n) is 4.01. The standard InChI is InChI=1S/C22H20FNO2/c1-15(2)21-20(25)13-19(12-16-8-10-18(23)11-9-16)24-22(21)26-14-17-6-4-3-5-7-17/h3-11,13H,1,12,14H2,2H3,(H,24,25). The van der Waals surface area contributed by atoms with Gasteiger partial charge in [0.15, 0.2) is 5.43 Å². The molecular weight excluding hydrogens is 329 g/mol. The summed E-state index contributed by atoms with van der Waals surface area (Å²) >= 11 is 0. The van der Waals surface area contributed by atoms with E-state index < -0.39 is 0 Å². The van der Waals surface area contributed by atoms with Gasteiger partial charge in [0.2, 0.25) is 5.88 Å². The molecule has 0 aliphatic rings. The Labute approximate surface area is 151 Å². The molecule has 0 saturated carbocycles. The Morgan fingerprint density at radius 2 is 1.77 bits per heavy atom. The maximum absolute atomic E-state index is 13.1. The van der Waals surface area contributed by atoms with Crippen LogP contribution in [0.2, 0.25) is 0 Å². The van der Waals surface area contributed by atoms with E-state index in [9.17, 15) is 9.18 Å². The summed E-state index contributed by atoms with van der Waals surface area (Å²) in [6.45, 7) is 6.01. The van der Waals surface area contributed by atoms with Crippen LogP contribution in [0.4, 0.5) is 4.39 Å². The van der Waals surface area contributed by atoms with Gasteiger partial charge in [0, 0.05) is 18.2 Å². The van der Waals surface area contributed by atoms with Gasteiger partial charge in [-0.3, -0.25) is 4.79 Å². The van der Waals surface area contributed by atoms with Crippen molar-refractivity contribution in [2.24, 2.45) is 0 Å². The predicted molar refractivity (Wildman–Crippen MR) is 102 cm³/mol. The summed E-state index contributed by atoms with van der Waals surface area (Å²) < 4.78 is 19.0. The minimum absolute atomic E-state index is 0.142. The largest absolute Gasteiger partial charge is 0.474 e. The van der Waals surface area contributed by atoms with Gasteiger partial charge in [-0.2, -0.15) is 0 Å². The van der Waals surface area contributed by atoms with Crippen molar-refractivity contribution in [2.45, 2.75) is 20.0 Å². The second kappa shape index (κ2) is 7.83. The fourth-order valence-electron chi connectivity index (χ4n) is 2.75. The molecule has 3 aromatic rings. The second-order valence-electron chi connectivity index (χ2n) is 6.22. The maximum Gasteiger partial charge on any atom is 0.203 e. The molecule has 26 heavy (non-hydrogen) atoms. The third kappa shape index (κ3) is 4.28. The van der Waals surface area contributed by atoms with Crippen molar-refractivity contribution in [1.29, 1.82) is 0 Å². The number of pyridine rings is 1. The van der Waals surface area contributed by atoms with Crippen molar-refractivity contribution in [3.63, 3.8) is 0 Å². The number of nitrogens with one attached hydrogen (secondary N) is 1. The zero-order chi connectivity index (χ0) is 18.5. The van der Waals surface area contributed by atoms with Gasteiger partial charge in [-0.1, -0.05) is 49.0 Å². The molecule has 0 spiro atoms. The van der Waals surface area contributed by atoms with E-state index in [1.807, 2.05) is 30.3 Å². The Kier molecular flexibility index (Phi) is 5.32. The van der Waals surface area contributed by atoms with Crippen LogP contribution in [0.3, 0.4) is 0 Å². The summed E-state index contributed by atoms with van der Waals surface area (Å²) in [5, 5.41) is 0. The number of aromatic amines is 1. The van der Waals surface area contributed by atoms with Gasteiger partial charge in [0.25, 0.3) is 0 Å². The van der Waals surface area contributed by atoms with E-state index in [-0.39, 0.29) is 11.2 Å². The molecule has 0 bridgehead atoms. The van der Waals surface area contributed by atoms with Gasteiger partial charge in [0.1, 0.15) is 12.4 Å². The van der Waals surface area contributed by atoms with Crippen LogP contribution in [0.5, 0.6) is 5.88 Å². The van der Waals surface area contributed by atoms with Crippen LogP contribution in [0.1, 0.15) is 29.3 Å². The Hall–Kier alpha value is -3.14. The first kappa shape index (κ1) is 17.7. The van der Waals surface area contributed by atoms with E-state index in [4.69, 9.17) is 4.74 Å². The summed E-state index contributed by atoms with van der Waals surface area (Å²) in [5.74, 6) is 0.123. The third-order valence-corrected chi connectivity index (χ3v) is 4.01. The first-order valence-electron chi connectivity index (χ1n) is 8.36. The van der Waals surface area contributed by atoms with Gasteiger partial charge in [-0.25, -0.2) is 4.39 Å². The molecule has 0 saturated heterocycles. The van der Waals surface area contributed by atoms with E-state index in [1.165, 1.54) is 12.1 Å². The summed E-state index contributed by atoms with van der Waals surface area (Å²) in [6.07, 6.45) is 0.480. The highest BCUT2D eigenvalue weighted by atomic mass is 19.1. The molecule has 4 heteroatoms. The number of rotatable bonds is 6. The summed E-state index contributed by atoms with van der Waals surface area (Å²) in [5.41, 5.74) is 3.56. The lowest BCUT2D eigenvalue weighted by molar-refractivity contribution is 0.292. The number of benzene rings is 2. The van der Waals surface area contributed by atoms with E-state index in [2.05, 4.69) is 11.6 Å². The molecule has 0 aliphatic heterocycles. The Morgan fingerprint density at radius 3 is 2.42 bits per heavy atom. The van der Waals surface area contributed by atoms with Crippen LogP contribution in [-0.4, -0.2) is 4.98 Å². The average Bonchev–Trinajstić information content (AvgIpc) is 2.62. The Balaban J connectivity index is 1.89. The van der Waals surface area contributed by atoms with Crippen molar-refractivity contribution < 1.29 is 9.13 Å². The highest BCUT2D eigenvalue weighted by Gasteiger charge is 2.13. The van der Waals surface area contributed by atoms with Crippen molar-refractivity contribution in [1.82, 2.24) is 4.98 Å². The normalized spacial score (nSPS) is 10.5. The zero-order valence-corrected chi connectivity index (χ0v) is 14.6. The van der Waals surface area contributed by atoms with E-state index in [0.717, 1.165) is 11.1 Å². The number of halogens is 1. The van der Waals surface area contributed by atoms with Crippen LogP contribution in [0.15, 0.2) is 72.0 Å². The highest BCUT2D eigenvalue weighted by molar-refractivity contribution is 5.65. The van der Waals surface area contributed by atoms with Crippen LogP contribution < -0.4 is 10.2 Å².